The molecule has 0 aliphatic rings. The summed E-state index contributed by atoms with van der Waals surface area (Å²) >= 11 is 0. The Hall–Kier alpha value is -0.350. The molecule has 0 aromatic carbocycles. The predicted molar refractivity (Wildman–Crippen MR) is 59.5 cm³/mol. The maximum atomic E-state index is 11.3. The standard InChI is InChI=1S/C5H14B4O4/c1-12-13-3(10)4(6,7)2-5(8,9)11/h11H,2,6-9H2,1H3. The van der Waals surface area contributed by atoms with E-state index < -0.39 is 16.6 Å². The molecule has 0 aromatic heterocycles. The largest absolute Gasteiger partial charge is 0.408 e. The first-order chi connectivity index (χ1) is 5.69. The number of rotatable bonds is 4. The van der Waals surface area contributed by atoms with Crippen molar-refractivity contribution in [2.45, 2.75) is 17.0 Å². The average Bonchev–Trinajstić information content (AvgIpc) is 1.82. The van der Waals surface area contributed by atoms with Crippen LogP contribution in [0.5, 0.6) is 0 Å². The van der Waals surface area contributed by atoms with Crippen LogP contribution >= 0.6 is 0 Å². The summed E-state index contributed by atoms with van der Waals surface area (Å²) in [5.74, 6) is -0.475. The van der Waals surface area contributed by atoms with E-state index in [1.54, 1.807) is 31.4 Å². The van der Waals surface area contributed by atoms with Gasteiger partial charge in [-0.05, 0) is 6.42 Å². The molecule has 0 radical (unpaired) electrons. The van der Waals surface area contributed by atoms with Crippen molar-refractivity contribution in [2.75, 3.05) is 7.11 Å². The van der Waals surface area contributed by atoms with Crippen LogP contribution in [0, 0.1) is 0 Å². The minimum atomic E-state index is -0.893. The van der Waals surface area contributed by atoms with Crippen molar-refractivity contribution in [1.29, 1.82) is 0 Å². The summed E-state index contributed by atoms with van der Waals surface area (Å²) in [6.45, 7) is 0. The van der Waals surface area contributed by atoms with Gasteiger partial charge in [-0.25, -0.2) is 4.79 Å². The molecule has 8 heteroatoms. The Morgan fingerprint density at radius 1 is 1.38 bits per heavy atom. The summed E-state index contributed by atoms with van der Waals surface area (Å²) < 4.78 is 0. The van der Waals surface area contributed by atoms with Crippen molar-refractivity contribution in [3.05, 3.63) is 0 Å². The minimum absolute atomic E-state index is 0.322. The number of aliphatic hydroxyl groups is 1. The van der Waals surface area contributed by atoms with Gasteiger partial charge in [-0.3, -0.25) is 4.89 Å². The van der Waals surface area contributed by atoms with E-state index in [0.29, 0.717) is 6.42 Å². The highest BCUT2D eigenvalue weighted by atomic mass is 17.2. The van der Waals surface area contributed by atoms with Crippen LogP contribution in [0.3, 0.4) is 0 Å². The first-order valence-corrected chi connectivity index (χ1v) is 4.16. The summed E-state index contributed by atoms with van der Waals surface area (Å²) in [5, 5.41) is 7.89. The smallest absolute Gasteiger partial charge is 0.333 e. The van der Waals surface area contributed by atoms with Gasteiger partial charge in [0, 0.05) is 10.6 Å². The van der Waals surface area contributed by atoms with Gasteiger partial charge in [0.1, 0.15) is 31.4 Å². The lowest BCUT2D eigenvalue weighted by molar-refractivity contribution is -0.256. The van der Waals surface area contributed by atoms with E-state index in [1.807, 2.05) is 0 Å². The molecule has 0 unspecified atom stereocenters. The van der Waals surface area contributed by atoms with E-state index in [2.05, 4.69) is 9.78 Å². The van der Waals surface area contributed by atoms with E-state index in [-0.39, 0.29) is 0 Å². The third kappa shape index (κ3) is 5.05. The Balaban J connectivity index is 4.30. The monoisotopic (exact) mass is 182 g/mol. The molecule has 0 saturated carbocycles. The van der Waals surface area contributed by atoms with Crippen LogP contribution in [0.1, 0.15) is 6.42 Å². The van der Waals surface area contributed by atoms with Crippen LogP contribution in [-0.2, 0) is 14.6 Å². The summed E-state index contributed by atoms with van der Waals surface area (Å²) in [6, 6.07) is 0. The maximum absolute atomic E-state index is 11.3. The molecule has 0 heterocycles. The van der Waals surface area contributed by atoms with Crippen molar-refractivity contribution in [3.8, 4) is 0 Å². The quantitative estimate of drug-likeness (QED) is 0.271. The highest BCUT2D eigenvalue weighted by Crippen LogP contribution is 2.27. The molecule has 1 N–H and O–H groups in total. The molecular weight excluding hydrogens is 167 g/mol. The van der Waals surface area contributed by atoms with Crippen LogP contribution in [0.2, 0.25) is 5.21 Å². The summed E-state index contributed by atoms with van der Waals surface area (Å²) in [4.78, 5) is 20.0. The lowest BCUT2D eigenvalue weighted by Gasteiger charge is -2.28. The van der Waals surface area contributed by atoms with E-state index in [4.69, 9.17) is 0 Å². The van der Waals surface area contributed by atoms with E-state index in [9.17, 15) is 9.90 Å². The SMILES string of the molecule is BC(B)(O)CC(B)(B)C(=O)OOC. The summed E-state index contributed by atoms with van der Waals surface area (Å²) in [6.07, 6.45) is 0.322. The van der Waals surface area contributed by atoms with Gasteiger partial charge in [0.2, 0.25) is 0 Å². The second-order valence-corrected chi connectivity index (χ2v) is 4.41. The molecule has 0 aliphatic heterocycles. The average molecular weight is 181 g/mol. The second kappa shape index (κ2) is 4.24. The van der Waals surface area contributed by atoms with Gasteiger partial charge in [-0.2, -0.15) is 4.89 Å². The molecule has 0 spiro atoms. The Kier molecular flexibility index (Phi) is 4.13. The number of carbonyl (C=O) groups is 1. The molecule has 4 nitrogen and oxygen atoms in total. The summed E-state index contributed by atoms with van der Waals surface area (Å²) in [5.41, 5.74) is 0. The Morgan fingerprint density at radius 3 is 2.15 bits per heavy atom. The zero-order valence-electron chi connectivity index (χ0n) is 8.88. The molecule has 0 saturated heterocycles. The normalized spacial score (nSPS) is 12.5. The van der Waals surface area contributed by atoms with E-state index >= 15 is 0 Å². The third-order valence-electron chi connectivity index (χ3n) is 1.59. The van der Waals surface area contributed by atoms with Gasteiger partial charge in [0.05, 0.1) is 7.11 Å². The molecule has 0 amide bonds. The number of hydrogen-bond donors (Lipinski definition) is 1. The molecule has 0 rings (SSSR count). The lowest BCUT2D eigenvalue weighted by atomic mass is 9.45. The van der Waals surface area contributed by atoms with Crippen LogP contribution in [0.4, 0.5) is 0 Å². The van der Waals surface area contributed by atoms with Crippen molar-refractivity contribution in [2.24, 2.45) is 0 Å². The molecule has 0 atom stereocenters. The zero-order chi connectivity index (χ0) is 10.7. The fourth-order valence-corrected chi connectivity index (χ4v) is 1.34. The van der Waals surface area contributed by atoms with Crippen LogP contribution in [0.15, 0.2) is 0 Å². The third-order valence-corrected chi connectivity index (χ3v) is 1.59. The highest BCUT2D eigenvalue weighted by Gasteiger charge is 2.35. The zero-order valence-corrected chi connectivity index (χ0v) is 8.88. The Labute approximate surface area is 81.9 Å². The highest BCUT2D eigenvalue weighted by molar-refractivity contribution is 6.51. The van der Waals surface area contributed by atoms with Crippen LogP contribution in [-0.4, -0.2) is 55.0 Å². The van der Waals surface area contributed by atoms with Crippen molar-refractivity contribution in [1.82, 2.24) is 0 Å². The van der Waals surface area contributed by atoms with Gasteiger partial charge < -0.3 is 5.11 Å². The molecule has 0 aromatic rings. The maximum Gasteiger partial charge on any atom is 0.333 e. The number of carbonyl (C=O) groups excluding carboxylic acids is 1. The molecule has 0 bridgehead atoms. The fourth-order valence-electron chi connectivity index (χ4n) is 1.34. The van der Waals surface area contributed by atoms with E-state index in [0.717, 1.165) is 0 Å². The van der Waals surface area contributed by atoms with Gasteiger partial charge in [0.25, 0.3) is 0 Å². The predicted octanol–water partition coefficient (Wildman–Crippen LogP) is -4.22. The Bertz CT molecular complexity index is 187. The van der Waals surface area contributed by atoms with Gasteiger partial charge in [-0.1, -0.05) is 0 Å². The molecule has 0 aliphatic carbocycles. The van der Waals surface area contributed by atoms with Crippen LogP contribution < -0.4 is 0 Å². The topological polar surface area (TPSA) is 55.8 Å². The second-order valence-electron chi connectivity index (χ2n) is 4.41. The summed E-state index contributed by atoms with van der Waals surface area (Å²) in [7, 11) is 7.97. The molecule has 13 heavy (non-hydrogen) atoms. The number of hydrogen-bond acceptors (Lipinski definition) is 4. The first kappa shape index (κ1) is 12.6. The fraction of sp³-hybridized carbons (Fsp3) is 0.800. The minimum Gasteiger partial charge on any atom is -0.408 e. The lowest BCUT2D eigenvalue weighted by Crippen LogP contribution is -2.39. The molecule has 70 valence electrons. The van der Waals surface area contributed by atoms with Gasteiger partial charge in [-0.15, -0.1) is 0 Å². The van der Waals surface area contributed by atoms with Gasteiger partial charge >= 0.3 is 5.97 Å². The molecule has 0 fully saturated rings. The Morgan fingerprint density at radius 2 is 1.85 bits per heavy atom. The van der Waals surface area contributed by atoms with E-state index in [1.165, 1.54) is 7.11 Å². The van der Waals surface area contributed by atoms with Gasteiger partial charge in [0.15, 0.2) is 0 Å². The van der Waals surface area contributed by atoms with Crippen molar-refractivity contribution < 1.29 is 19.7 Å². The van der Waals surface area contributed by atoms with Crippen molar-refractivity contribution >= 4 is 37.4 Å². The molecular formula is C5H14B4O4. The van der Waals surface area contributed by atoms with Crippen LogP contribution in [0.25, 0.3) is 0 Å². The first-order valence-electron chi connectivity index (χ1n) is 4.16. The van der Waals surface area contributed by atoms with Crippen molar-refractivity contribution in [3.63, 3.8) is 0 Å².